The predicted molar refractivity (Wildman–Crippen MR) is 60.5 cm³/mol. The van der Waals surface area contributed by atoms with Gasteiger partial charge in [0.05, 0.1) is 6.61 Å². The highest BCUT2D eigenvalue weighted by Crippen LogP contribution is 2.34. The molecule has 15 heavy (non-hydrogen) atoms. The molecule has 0 unspecified atom stereocenters. The quantitative estimate of drug-likeness (QED) is 0.765. The van der Waals surface area contributed by atoms with Crippen molar-refractivity contribution in [1.82, 2.24) is 0 Å². The maximum absolute atomic E-state index is 9.42. The minimum atomic E-state index is 0.296. The normalized spacial score (nSPS) is 14.6. The van der Waals surface area contributed by atoms with Gasteiger partial charge in [-0.1, -0.05) is 12.1 Å². The summed E-state index contributed by atoms with van der Waals surface area (Å²) < 4.78 is 5.66. The van der Waals surface area contributed by atoms with Gasteiger partial charge in [0.2, 0.25) is 0 Å². The minimum absolute atomic E-state index is 0.296. The van der Waals surface area contributed by atoms with Crippen LogP contribution < -0.4 is 0 Å². The van der Waals surface area contributed by atoms with Crippen LogP contribution in [0.4, 0.5) is 0 Å². The molecule has 0 aliphatic heterocycles. The van der Waals surface area contributed by atoms with Crippen molar-refractivity contribution in [1.29, 1.82) is 0 Å². The predicted octanol–water partition coefficient (Wildman–Crippen LogP) is 3.32. The van der Waals surface area contributed by atoms with Gasteiger partial charge in [-0.2, -0.15) is 0 Å². The molecule has 2 nitrogen and oxygen atoms in total. The van der Waals surface area contributed by atoms with Crippen LogP contribution in [0, 0.1) is 0 Å². The van der Waals surface area contributed by atoms with Gasteiger partial charge in [-0.05, 0) is 43.9 Å². The van der Waals surface area contributed by atoms with E-state index in [4.69, 9.17) is 4.74 Å². The average molecular weight is 204 g/mol. The highest BCUT2D eigenvalue weighted by molar-refractivity contribution is 5.65. The largest absolute Gasteiger partial charge is 0.508 e. The molecule has 0 radical (unpaired) electrons. The Morgan fingerprint density at radius 2 is 2.20 bits per heavy atom. The van der Waals surface area contributed by atoms with Crippen LogP contribution in [-0.4, -0.2) is 11.7 Å². The van der Waals surface area contributed by atoms with Crippen molar-refractivity contribution in [3.05, 3.63) is 35.4 Å². The molecule has 1 saturated carbocycles. The van der Waals surface area contributed by atoms with Crippen LogP contribution in [0.3, 0.4) is 0 Å². The summed E-state index contributed by atoms with van der Waals surface area (Å²) in [5, 5.41) is 9.42. The molecule has 0 spiro atoms. The fraction of sp³-hybridized carbons (Fsp3) is 0.385. The first-order valence-corrected chi connectivity index (χ1v) is 5.45. The summed E-state index contributed by atoms with van der Waals surface area (Å²) in [6.45, 7) is 2.66. The third-order valence-corrected chi connectivity index (χ3v) is 2.68. The number of benzene rings is 1. The number of ether oxygens (including phenoxy) is 1. The van der Waals surface area contributed by atoms with E-state index in [0.717, 1.165) is 24.2 Å². The van der Waals surface area contributed by atoms with E-state index in [1.165, 1.54) is 12.0 Å². The van der Waals surface area contributed by atoms with E-state index in [2.05, 4.69) is 0 Å². The number of hydrogen-bond acceptors (Lipinski definition) is 2. The van der Waals surface area contributed by atoms with Gasteiger partial charge in [0.1, 0.15) is 11.5 Å². The first kappa shape index (κ1) is 10.1. The van der Waals surface area contributed by atoms with Crippen molar-refractivity contribution in [3.63, 3.8) is 0 Å². The van der Waals surface area contributed by atoms with Crippen LogP contribution in [0.5, 0.6) is 5.75 Å². The lowest BCUT2D eigenvalue weighted by atomic mass is 9.89. The Balaban J connectivity index is 2.32. The van der Waals surface area contributed by atoms with Gasteiger partial charge < -0.3 is 9.84 Å². The fourth-order valence-corrected chi connectivity index (χ4v) is 1.76. The fourth-order valence-electron chi connectivity index (χ4n) is 1.76. The van der Waals surface area contributed by atoms with Gasteiger partial charge in [0.25, 0.3) is 0 Å². The molecule has 2 heteroatoms. The molecule has 0 bridgehead atoms. The molecule has 1 aromatic carbocycles. The van der Waals surface area contributed by atoms with Crippen LogP contribution >= 0.6 is 0 Å². The van der Waals surface area contributed by atoms with Crippen LogP contribution in [0.25, 0.3) is 5.76 Å². The summed E-state index contributed by atoms with van der Waals surface area (Å²) >= 11 is 0. The van der Waals surface area contributed by atoms with Crippen molar-refractivity contribution in [2.24, 2.45) is 0 Å². The zero-order valence-corrected chi connectivity index (χ0v) is 8.99. The number of hydrogen-bond donors (Lipinski definition) is 1. The number of rotatable bonds is 3. The van der Waals surface area contributed by atoms with Crippen LogP contribution in [-0.2, 0) is 4.74 Å². The van der Waals surface area contributed by atoms with Gasteiger partial charge in [-0.3, -0.25) is 0 Å². The molecular weight excluding hydrogens is 188 g/mol. The van der Waals surface area contributed by atoms with Crippen molar-refractivity contribution < 1.29 is 9.84 Å². The third kappa shape index (κ3) is 2.14. The zero-order valence-electron chi connectivity index (χ0n) is 8.99. The van der Waals surface area contributed by atoms with Crippen LogP contribution in [0.2, 0.25) is 0 Å². The molecule has 1 N–H and O–H groups in total. The lowest BCUT2D eigenvalue weighted by molar-refractivity contribution is 0.290. The maximum atomic E-state index is 9.42. The highest BCUT2D eigenvalue weighted by atomic mass is 16.5. The molecule has 1 aromatic rings. The molecule has 1 fully saturated rings. The van der Waals surface area contributed by atoms with Gasteiger partial charge in [0, 0.05) is 5.56 Å². The van der Waals surface area contributed by atoms with E-state index in [1.54, 1.807) is 12.1 Å². The second-order valence-electron chi connectivity index (χ2n) is 3.77. The summed E-state index contributed by atoms with van der Waals surface area (Å²) in [6.07, 6.45) is 3.51. The van der Waals surface area contributed by atoms with Gasteiger partial charge in [-0.25, -0.2) is 0 Å². The first-order valence-electron chi connectivity index (χ1n) is 5.45. The number of phenolic OH excluding ortho intramolecular Hbond substituents is 1. The van der Waals surface area contributed by atoms with Gasteiger partial charge in [0.15, 0.2) is 0 Å². The first-order chi connectivity index (χ1) is 7.31. The third-order valence-electron chi connectivity index (χ3n) is 2.68. The Hall–Kier alpha value is -1.44. The molecule has 0 heterocycles. The van der Waals surface area contributed by atoms with Crippen molar-refractivity contribution in [3.8, 4) is 5.75 Å². The SMILES string of the molecule is CCOC(=C1CCC1)c1cccc(O)c1. The maximum Gasteiger partial charge on any atom is 0.125 e. The Bertz CT molecular complexity index is 374. The summed E-state index contributed by atoms with van der Waals surface area (Å²) in [5.41, 5.74) is 2.37. The minimum Gasteiger partial charge on any atom is -0.508 e. The van der Waals surface area contributed by atoms with Crippen molar-refractivity contribution in [2.45, 2.75) is 26.2 Å². The summed E-state index contributed by atoms with van der Waals surface area (Å²) in [5.74, 6) is 1.27. The standard InChI is InChI=1S/C13H16O2/c1-2-15-13(10-5-3-6-10)11-7-4-8-12(14)9-11/h4,7-9,14H,2-3,5-6H2,1H3. The molecule has 2 rings (SSSR count). The summed E-state index contributed by atoms with van der Waals surface area (Å²) in [7, 11) is 0. The average Bonchev–Trinajstić information content (AvgIpc) is 2.14. The molecule has 1 aliphatic carbocycles. The van der Waals surface area contributed by atoms with Crippen LogP contribution in [0.1, 0.15) is 31.7 Å². The smallest absolute Gasteiger partial charge is 0.125 e. The second-order valence-corrected chi connectivity index (χ2v) is 3.77. The van der Waals surface area contributed by atoms with Crippen molar-refractivity contribution >= 4 is 5.76 Å². The van der Waals surface area contributed by atoms with E-state index in [9.17, 15) is 5.11 Å². The highest BCUT2D eigenvalue weighted by Gasteiger charge is 2.17. The monoisotopic (exact) mass is 204 g/mol. The molecule has 1 aliphatic rings. The van der Waals surface area contributed by atoms with Gasteiger partial charge in [-0.15, -0.1) is 0 Å². The molecular formula is C13H16O2. The summed E-state index contributed by atoms with van der Waals surface area (Å²) in [4.78, 5) is 0. The van der Waals surface area contributed by atoms with Crippen LogP contribution in [0.15, 0.2) is 29.8 Å². The molecule has 0 amide bonds. The topological polar surface area (TPSA) is 29.5 Å². The Morgan fingerprint density at radius 3 is 2.73 bits per heavy atom. The van der Waals surface area contributed by atoms with E-state index in [1.807, 2.05) is 19.1 Å². The molecule has 0 saturated heterocycles. The van der Waals surface area contributed by atoms with E-state index >= 15 is 0 Å². The number of phenols is 1. The van der Waals surface area contributed by atoms with Gasteiger partial charge >= 0.3 is 0 Å². The second kappa shape index (κ2) is 4.39. The number of aromatic hydroxyl groups is 1. The molecule has 0 aromatic heterocycles. The number of allylic oxidation sites excluding steroid dienone is 1. The molecule has 80 valence electrons. The van der Waals surface area contributed by atoms with E-state index < -0.39 is 0 Å². The summed E-state index contributed by atoms with van der Waals surface area (Å²) in [6, 6.07) is 7.27. The van der Waals surface area contributed by atoms with Crippen molar-refractivity contribution in [2.75, 3.05) is 6.61 Å². The Labute approximate surface area is 90.2 Å². The Morgan fingerprint density at radius 1 is 1.40 bits per heavy atom. The Kier molecular flexibility index (Phi) is 2.95. The molecule has 0 atom stereocenters. The van der Waals surface area contributed by atoms with E-state index in [-0.39, 0.29) is 0 Å². The lowest BCUT2D eigenvalue weighted by Gasteiger charge is -2.22. The van der Waals surface area contributed by atoms with E-state index in [0.29, 0.717) is 12.4 Å². The lowest BCUT2D eigenvalue weighted by Crippen LogP contribution is -2.04. The zero-order chi connectivity index (χ0) is 10.7.